The van der Waals surface area contributed by atoms with Crippen LogP contribution in [0.25, 0.3) is 0 Å². The topological polar surface area (TPSA) is 18.5 Å². The number of hydrogen-bond donors (Lipinski definition) is 0. The van der Waals surface area contributed by atoms with Gasteiger partial charge in [-0.1, -0.05) is 0 Å². The molecule has 1 saturated heterocycles. The van der Waals surface area contributed by atoms with Crippen LogP contribution < -0.4 is 0 Å². The van der Waals surface area contributed by atoms with E-state index in [1.165, 1.54) is 0 Å². The lowest BCUT2D eigenvalue weighted by Gasteiger charge is -2.15. The molecule has 7 heteroatoms. The molecule has 0 unspecified atom stereocenters. The van der Waals surface area contributed by atoms with Crippen molar-refractivity contribution >= 4 is 0 Å². The Kier molecular flexibility index (Phi) is 1.69. The van der Waals surface area contributed by atoms with Gasteiger partial charge in [0.05, 0.1) is 0 Å². The smallest absolute Gasteiger partial charge is 0.414 e. The first-order valence-electron chi connectivity index (χ1n) is 2.76. The number of alkyl halides is 3. The number of ether oxygens (including phenoxy) is 2. The minimum Gasteiger partial charge on any atom is -0.414 e. The fraction of sp³-hybridized carbons (Fsp3) is 0.600. The third kappa shape index (κ3) is 1.19. The Morgan fingerprint density at radius 2 is 1.67 bits per heavy atom. The van der Waals surface area contributed by atoms with Crippen LogP contribution in [0.3, 0.4) is 0 Å². The van der Waals surface area contributed by atoms with Crippen molar-refractivity contribution < 1.29 is 31.4 Å². The summed E-state index contributed by atoms with van der Waals surface area (Å²) in [5.74, 6) is -5.32. The van der Waals surface area contributed by atoms with Crippen molar-refractivity contribution in [2.45, 2.75) is 18.9 Å². The van der Waals surface area contributed by atoms with Gasteiger partial charge in [0.15, 0.2) is 0 Å². The van der Waals surface area contributed by atoms with Gasteiger partial charge >= 0.3 is 24.0 Å². The molecule has 0 spiro atoms. The van der Waals surface area contributed by atoms with Crippen LogP contribution in [0.15, 0.2) is 12.0 Å². The normalized spacial score (nSPS) is 32.7. The molecule has 2 nitrogen and oxygen atoms in total. The lowest BCUT2D eigenvalue weighted by molar-refractivity contribution is -0.280. The molecular formula is C5H3F5O2. The van der Waals surface area contributed by atoms with Gasteiger partial charge in [0.25, 0.3) is 0 Å². The molecule has 1 aliphatic heterocycles. The monoisotopic (exact) mass is 190 g/mol. The fourth-order valence-corrected chi connectivity index (χ4v) is 0.539. The van der Waals surface area contributed by atoms with E-state index in [2.05, 4.69) is 9.47 Å². The summed E-state index contributed by atoms with van der Waals surface area (Å²) in [7, 11) is 0. The van der Waals surface area contributed by atoms with Crippen molar-refractivity contribution in [3.63, 3.8) is 0 Å². The minimum absolute atomic E-state index is 0.295. The first-order chi connectivity index (χ1) is 5.26. The molecule has 1 fully saturated rings. The van der Waals surface area contributed by atoms with E-state index in [1.54, 1.807) is 0 Å². The zero-order valence-electron chi connectivity index (χ0n) is 5.71. The quantitative estimate of drug-likeness (QED) is 0.546. The fourth-order valence-electron chi connectivity index (χ4n) is 0.539. The van der Waals surface area contributed by atoms with Crippen molar-refractivity contribution in [2.75, 3.05) is 0 Å². The maximum absolute atomic E-state index is 12.5. The van der Waals surface area contributed by atoms with Crippen LogP contribution in [0.5, 0.6) is 0 Å². The Labute approximate surface area is 63.6 Å². The number of hydrogen-bond acceptors (Lipinski definition) is 2. The average Bonchev–Trinajstić information content (AvgIpc) is 2.03. The second-order valence-corrected chi connectivity index (χ2v) is 2.19. The van der Waals surface area contributed by atoms with Gasteiger partial charge in [0.2, 0.25) is 0 Å². The third-order valence-electron chi connectivity index (χ3n) is 1.18. The molecule has 0 amide bonds. The second kappa shape index (κ2) is 2.24. The van der Waals surface area contributed by atoms with Crippen molar-refractivity contribution in [3.05, 3.63) is 12.0 Å². The maximum atomic E-state index is 12.5. The Morgan fingerprint density at radius 1 is 1.17 bits per heavy atom. The van der Waals surface area contributed by atoms with Gasteiger partial charge in [-0.2, -0.15) is 22.0 Å². The van der Waals surface area contributed by atoms with Crippen LogP contribution in [0.1, 0.15) is 6.92 Å². The highest BCUT2D eigenvalue weighted by molar-refractivity contribution is 4.95. The van der Waals surface area contributed by atoms with Crippen LogP contribution >= 0.6 is 0 Å². The molecule has 1 rings (SSSR count). The molecular weight excluding hydrogens is 187 g/mol. The molecule has 0 N–H and O–H groups in total. The van der Waals surface area contributed by atoms with E-state index >= 15 is 0 Å². The Bertz CT molecular complexity index is 212. The van der Waals surface area contributed by atoms with Crippen LogP contribution in [0.4, 0.5) is 22.0 Å². The summed E-state index contributed by atoms with van der Waals surface area (Å²) in [5, 5.41) is 0. The molecule has 12 heavy (non-hydrogen) atoms. The lowest BCUT2D eigenvalue weighted by Crippen LogP contribution is -2.37. The van der Waals surface area contributed by atoms with Gasteiger partial charge in [-0.05, 0) is 0 Å². The largest absolute Gasteiger partial charge is 0.473 e. The summed E-state index contributed by atoms with van der Waals surface area (Å²) in [4.78, 5) is 0. The molecule has 1 aliphatic rings. The summed E-state index contributed by atoms with van der Waals surface area (Å²) in [5.41, 5.74) is 0. The van der Waals surface area contributed by atoms with Crippen molar-refractivity contribution in [2.24, 2.45) is 0 Å². The highest BCUT2D eigenvalue weighted by atomic mass is 19.3. The number of halogens is 5. The van der Waals surface area contributed by atoms with Gasteiger partial charge in [-0.3, -0.25) is 0 Å². The van der Waals surface area contributed by atoms with E-state index in [1.807, 2.05) is 0 Å². The van der Waals surface area contributed by atoms with Crippen LogP contribution in [0.2, 0.25) is 0 Å². The minimum atomic E-state index is -4.38. The van der Waals surface area contributed by atoms with Gasteiger partial charge in [0, 0.05) is 6.92 Å². The molecule has 0 saturated carbocycles. The highest BCUT2D eigenvalue weighted by Crippen LogP contribution is 2.45. The molecule has 0 aromatic carbocycles. The molecule has 1 atom stereocenters. The predicted molar refractivity (Wildman–Crippen MR) is 25.9 cm³/mol. The van der Waals surface area contributed by atoms with Crippen molar-refractivity contribution in [1.29, 1.82) is 0 Å². The Morgan fingerprint density at radius 3 is 1.83 bits per heavy atom. The Hall–Kier alpha value is -1.01. The zero-order valence-corrected chi connectivity index (χ0v) is 5.71. The van der Waals surface area contributed by atoms with E-state index in [0.717, 1.165) is 0 Å². The van der Waals surface area contributed by atoms with Gasteiger partial charge in [-0.15, -0.1) is 0 Å². The van der Waals surface area contributed by atoms with E-state index in [-0.39, 0.29) is 0 Å². The molecule has 70 valence electrons. The average molecular weight is 190 g/mol. The zero-order chi connectivity index (χ0) is 9.57. The van der Waals surface area contributed by atoms with Crippen molar-refractivity contribution in [3.8, 4) is 0 Å². The molecule has 1 heterocycles. The summed E-state index contributed by atoms with van der Waals surface area (Å²) < 4.78 is 66.9. The second-order valence-electron chi connectivity index (χ2n) is 2.19. The lowest BCUT2D eigenvalue weighted by atomic mass is 10.3. The van der Waals surface area contributed by atoms with E-state index in [9.17, 15) is 22.0 Å². The summed E-state index contributed by atoms with van der Waals surface area (Å²) >= 11 is 0. The first kappa shape index (κ1) is 9.08. The van der Waals surface area contributed by atoms with Gasteiger partial charge in [-0.25, -0.2) is 0 Å². The standard InChI is InChI=1S/C5H3F5O2/c1-4(8)5(9,10)12-3(11-4)2(6)7/h1H3/t4-/m1/s1. The third-order valence-corrected chi connectivity index (χ3v) is 1.18. The van der Waals surface area contributed by atoms with Crippen LogP contribution in [-0.2, 0) is 9.47 Å². The van der Waals surface area contributed by atoms with Gasteiger partial charge in [0.1, 0.15) is 0 Å². The van der Waals surface area contributed by atoms with Crippen molar-refractivity contribution in [1.82, 2.24) is 0 Å². The summed E-state index contributed by atoms with van der Waals surface area (Å²) in [6.45, 7) is 0.295. The van der Waals surface area contributed by atoms with E-state index in [0.29, 0.717) is 6.92 Å². The summed E-state index contributed by atoms with van der Waals surface area (Å²) in [6, 6.07) is 0. The number of rotatable bonds is 0. The molecule has 0 aromatic heterocycles. The molecule has 0 aromatic rings. The van der Waals surface area contributed by atoms with Gasteiger partial charge < -0.3 is 9.47 Å². The molecule has 0 bridgehead atoms. The predicted octanol–water partition coefficient (Wildman–Crippen LogP) is 2.38. The van der Waals surface area contributed by atoms with E-state index < -0.39 is 24.0 Å². The molecule has 0 aliphatic carbocycles. The highest BCUT2D eigenvalue weighted by Gasteiger charge is 2.64. The first-order valence-corrected chi connectivity index (χ1v) is 2.76. The summed E-state index contributed by atoms with van der Waals surface area (Å²) in [6.07, 6.45) is -7.01. The molecule has 0 radical (unpaired) electrons. The maximum Gasteiger partial charge on any atom is 0.473 e. The SMILES string of the molecule is C[C@@]1(F)OC(=C(F)F)OC1(F)F. The van der Waals surface area contributed by atoms with E-state index in [4.69, 9.17) is 0 Å². The Balaban J connectivity index is 2.97. The van der Waals surface area contributed by atoms with Crippen LogP contribution in [0, 0.1) is 0 Å². The van der Waals surface area contributed by atoms with Crippen LogP contribution in [-0.4, -0.2) is 12.0 Å².